The van der Waals surface area contributed by atoms with E-state index < -0.39 is 5.97 Å². The Morgan fingerprint density at radius 3 is 1.53 bits per heavy atom. The fourth-order valence-electron chi connectivity index (χ4n) is 10.1. The Morgan fingerprint density at radius 2 is 1.15 bits per heavy atom. The highest BCUT2D eigenvalue weighted by Crippen LogP contribution is 2.32. The van der Waals surface area contributed by atoms with Gasteiger partial charge < -0.3 is 44.9 Å². The smallest absolute Gasteiger partial charge is 0.320 e. The second kappa shape index (κ2) is 25.1. The van der Waals surface area contributed by atoms with Crippen molar-refractivity contribution in [1.82, 2.24) is 30.2 Å². The zero-order valence-corrected chi connectivity index (χ0v) is 34.7. The molecule has 348 valence electrons. The Hall–Kier alpha value is -3.47. The maximum atomic E-state index is 12.9. The molecule has 9 aliphatic heterocycles. The van der Waals surface area contributed by atoms with Crippen molar-refractivity contribution in [3.8, 4) is 0 Å². The highest BCUT2D eigenvalue weighted by molar-refractivity contribution is 5.83. The molecule has 0 aliphatic carbocycles. The van der Waals surface area contributed by atoms with Gasteiger partial charge >= 0.3 is 5.97 Å². The second-order valence-corrected chi connectivity index (χ2v) is 17.2. The van der Waals surface area contributed by atoms with Gasteiger partial charge in [-0.25, -0.2) is 0 Å². The highest BCUT2D eigenvalue weighted by Gasteiger charge is 2.45. The number of aliphatic carboxylic acids is 1. The van der Waals surface area contributed by atoms with Crippen LogP contribution in [0.2, 0.25) is 0 Å². The van der Waals surface area contributed by atoms with Gasteiger partial charge in [-0.15, -0.1) is 0 Å². The molecule has 2 aromatic rings. The van der Waals surface area contributed by atoms with E-state index in [1.165, 1.54) is 17.5 Å². The molecule has 9 atom stereocenters. The summed E-state index contributed by atoms with van der Waals surface area (Å²) in [6.07, 6.45) is 10.6. The molecule has 62 heavy (non-hydrogen) atoms. The van der Waals surface area contributed by atoms with E-state index in [0.717, 1.165) is 131 Å². The summed E-state index contributed by atoms with van der Waals surface area (Å²) in [6.45, 7) is 9.71. The average Bonchev–Trinajstić information content (AvgIpc) is 4.14. The number of carboxylic acid groups (broad SMARTS) is 1. The molecule has 2 aromatic carbocycles. The molecule has 0 radical (unpaired) electrons. The zero-order valence-electron chi connectivity index (χ0n) is 34.7. The number of morpholine rings is 3. The first-order chi connectivity index (χ1) is 28.9. The fraction of sp³-hybridized carbons (Fsp3) is 0.688. The van der Waals surface area contributed by atoms with Gasteiger partial charge in [0.2, 0.25) is 11.8 Å². The Morgan fingerprint density at radius 1 is 0.629 bits per heavy atom. The molecule has 0 aromatic heterocycles. The van der Waals surface area contributed by atoms with E-state index in [-0.39, 0.29) is 40.4 Å². The van der Waals surface area contributed by atoms with Crippen LogP contribution in [0, 0.1) is 0 Å². The van der Waals surface area contributed by atoms with E-state index in [0.29, 0.717) is 48.3 Å². The summed E-state index contributed by atoms with van der Waals surface area (Å²) in [5.74, 6) is -0.0547. The Bertz CT molecular complexity index is 1620. The number of benzene rings is 2. The third-order valence-corrected chi connectivity index (χ3v) is 13.2. The Labute approximate surface area is 371 Å². The number of fused-ring (bicyclic) bond motifs is 6. The summed E-state index contributed by atoms with van der Waals surface area (Å²) >= 11 is 0. The predicted octanol–water partition coefficient (Wildman–Crippen LogP) is 4.39. The number of hydrogen-bond donors (Lipinski definition) is 4. The average molecular weight is 867 g/mol. The molecular weight excluding hydrogens is 789 g/mol. The molecule has 2 amide bonds. The lowest BCUT2D eigenvalue weighted by atomic mass is 10.1. The summed E-state index contributed by atoms with van der Waals surface area (Å²) < 4.78 is 16.4. The van der Waals surface area contributed by atoms with Gasteiger partial charge in [0.05, 0.1) is 62.3 Å². The molecular formula is C48H78N6O8. The topological polar surface area (TPSA) is 156 Å². The summed E-state index contributed by atoms with van der Waals surface area (Å²) in [5.41, 5.74) is 2.48. The lowest BCUT2D eigenvalue weighted by Gasteiger charge is -2.32. The number of nitrogens with zero attached hydrogens (tertiary/aromatic N) is 4. The van der Waals surface area contributed by atoms with Gasteiger partial charge in [0.25, 0.3) is 0 Å². The lowest BCUT2D eigenvalue weighted by molar-refractivity contribution is -0.142. The molecule has 0 spiro atoms. The molecule has 9 aliphatic rings. The fourth-order valence-corrected chi connectivity index (χ4v) is 10.1. The van der Waals surface area contributed by atoms with Crippen LogP contribution in [0.15, 0.2) is 60.7 Å². The molecule has 4 N–H and O–H groups in total. The van der Waals surface area contributed by atoms with E-state index in [1.807, 2.05) is 46.2 Å². The predicted molar refractivity (Wildman–Crippen MR) is 243 cm³/mol. The largest absolute Gasteiger partial charge is 0.480 e. The third-order valence-electron chi connectivity index (χ3n) is 13.2. The molecule has 9 fully saturated rings. The summed E-state index contributed by atoms with van der Waals surface area (Å²) in [5, 5.41) is 22.6. The number of aliphatic hydroxyl groups excluding tert-OH is 1. The number of hydrogen-bond acceptors (Lipinski definition) is 11. The zero-order chi connectivity index (χ0) is 41.1. The second-order valence-electron chi connectivity index (χ2n) is 17.2. The van der Waals surface area contributed by atoms with Gasteiger partial charge in [-0.1, -0.05) is 82.9 Å². The van der Waals surface area contributed by atoms with Crippen molar-refractivity contribution in [2.45, 2.75) is 148 Å². The van der Waals surface area contributed by atoms with E-state index in [4.69, 9.17) is 24.4 Å². The molecule has 0 saturated carbocycles. The molecule has 6 unspecified atom stereocenters. The Kier molecular flexibility index (Phi) is 20.7. The van der Waals surface area contributed by atoms with Gasteiger partial charge in [0.1, 0.15) is 6.04 Å². The third kappa shape index (κ3) is 13.1. The van der Waals surface area contributed by atoms with E-state index in [1.54, 1.807) is 0 Å². The van der Waals surface area contributed by atoms with Gasteiger partial charge in [-0.3, -0.25) is 24.2 Å². The van der Waals surface area contributed by atoms with Crippen LogP contribution >= 0.6 is 0 Å². The SMILES string of the molecule is C.C.C.C1OC2CNC1C2.CO.O=C(O)[C@@H]1CCCN1Cc1ccccc1.O=C([C@@H]1CCCN1)N1CC2CC1CO2.O=C([C@@H]1CCCN1Cc1ccccc1)N1CC2CC1CO2. The molecule has 9 heterocycles. The molecule has 11 rings (SSSR count). The number of amides is 2. The minimum absolute atomic E-state index is 0. The van der Waals surface area contributed by atoms with Crippen LogP contribution in [0.25, 0.3) is 0 Å². The van der Waals surface area contributed by atoms with Crippen LogP contribution in [-0.2, 0) is 41.7 Å². The number of aliphatic hydroxyl groups is 1. The normalized spacial score (nSPS) is 30.8. The minimum Gasteiger partial charge on any atom is -0.480 e. The van der Waals surface area contributed by atoms with Crippen molar-refractivity contribution < 1.29 is 38.8 Å². The number of carbonyl (C=O) groups excluding carboxylic acids is 2. The van der Waals surface area contributed by atoms with Crippen LogP contribution < -0.4 is 10.6 Å². The quantitative estimate of drug-likeness (QED) is 0.312. The Balaban J connectivity index is 0.000000185. The van der Waals surface area contributed by atoms with E-state index >= 15 is 0 Å². The van der Waals surface area contributed by atoms with Crippen molar-refractivity contribution in [2.75, 3.05) is 66.2 Å². The first-order valence-electron chi connectivity index (χ1n) is 22.0. The van der Waals surface area contributed by atoms with Gasteiger partial charge in [-0.05, 0) is 88.5 Å². The van der Waals surface area contributed by atoms with Crippen molar-refractivity contribution >= 4 is 17.8 Å². The number of carbonyl (C=O) groups is 3. The van der Waals surface area contributed by atoms with Crippen LogP contribution in [0.1, 0.15) is 91.2 Å². The van der Waals surface area contributed by atoms with E-state index in [9.17, 15) is 14.4 Å². The number of carboxylic acids is 1. The lowest BCUT2D eigenvalue weighted by Crippen LogP contribution is -2.50. The van der Waals surface area contributed by atoms with Gasteiger partial charge in [0, 0.05) is 45.9 Å². The summed E-state index contributed by atoms with van der Waals surface area (Å²) in [4.78, 5) is 44.4. The molecule has 6 bridgehead atoms. The van der Waals surface area contributed by atoms with Crippen LogP contribution in [0.3, 0.4) is 0 Å². The maximum Gasteiger partial charge on any atom is 0.320 e. The van der Waals surface area contributed by atoms with Crippen LogP contribution in [0.5, 0.6) is 0 Å². The number of ether oxygens (including phenoxy) is 3. The number of likely N-dealkylation sites (tertiary alicyclic amines) is 4. The van der Waals surface area contributed by atoms with Gasteiger partial charge in [0.15, 0.2) is 0 Å². The van der Waals surface area contributed by atoms with Crippen molar-refractivity contribution in [3.63, 3.8) is 0 Å². The van der Waals surface area contributed by atoms with Crippen molar-refractivity contribution in [2.24, 2.45) is 0 Å². The summed E-state index contributed by atoms with van der Waals surface area (Å²) in [7, 11) is 1.00. The van der Waals surface area contributed by atoms with Crippen LogP contribution in [0.4, 0.5) is 0 Å². The van der Waals surface area contributed by atoms with Crippen LogP contribution in [-0.4, -0.2) is 168 Å². The number of rotatable bonds is 7. The number of nitrogens with one attached hydrogen (secondary N) is 2. The standard InChI is InChI=1S/C17H22N2O2.C12H15NO2.C10H16N2O2.C5H9NO.CH4O.3CH4/c20-17(19-11-15-9-14(19)12-21-15)16-7-4-8-18(16)10-13-5-2-1-3-6-13;14-12(15)11-7-4-8-13(11)9-10-5-2-1-3-6-10;13-10(9-2-1-3-11-9)12-5-8-4-7(12)6-14-8;1-4-3-7-5(1)2-6-4;1-2;;;/h1-3,5-6,14-16H,4,7-12H2;1-3,5-6,11H,4,7-9H2,(H,14,15);7-9,11H,1-6H2;4-6H,1-3H2;2H,1H3;3*1H4/t14?,15?,16-;11-;7?,8?,9-;;;;;/m000...../s1. The van der Waals surface area contributed by atoms with Gasteiger partial charge in [-0.2, -0.15) is 0 Å². The molecule has 14 nitrogen and oxygen atoms in total. The summed E-state index contributed by atoms with van der Waals surface area (Å²) in [6, 6.07) is 21.8. The highest BCUT2D eigenvalue weighted by atomic mass is 16.5. The monoisotopic (exact) mass is 867 g/mol. The first kappa shape index (κ1) is 51.2. The van der Waals surface area contributed by atoms with Crippen molar-refractivity contribution in [3.05, 3.63) is 71.8 Å². The molecule has 9 saturated heterocycles. The maximum absolute atomic E-state index is 12.9. The van der Waals surface area contributed by atoms with Crippen molar-refractivity contribution in [1.29, 1.82) is 0 Å². The van der Waals surface area contributed by atoms with E-state index in [2.05, 4.69) is 44.7 Å². The minimum atomic E-state index is -0.691. The first-order valence-corrected chi connectivity index (χ1v) is 22.0. The molecule has 14 heteroatoms.